The van der Waals surface area contributed by atoms with Crippen LogP contribution in [0.5, 0.6) is 0 Å². The van der Waals surface area contributed by atoms with E-state index in [0.717, 1.165) is 26.1 Å². The second-order valence-corrected chi connectivity index (χ2v) is 6.58. The number of methoxy groups -OCH3 is 4. The molecule has 1 aliphatic carbocycles. The summed E-state index contributed by atoms with van der Waals surface area (Å²) in [6, 6.07) is 0. The van der Waals surface area contributed by atoms with E-state index in [0.29, 0.717) is 19.6 Å². The van der Waals surface area contributed by atoms with Crippen LogP contribution in [0.3, 0.4) is 0 Å². The molecule has 0 spiro atoms. The number of allylic oxidation sites excluding steroid dienone is 2. The highest BCUT2D eigenvalue weighted by atomic mass is 16.6. The largest absolute Gasteiger partial charge is 0.454 e. The molecule has 0 amide bonds. The number of ether oxygens (including phenoxy) is 5. The molecular formula is C19H36O6. The summed E-state index contributed by atoms with van der Waals surface area (Å²) >= 11 is 0. The van der Waals surface area contributed by atoms with Crippen molar-refractivity contribution in [2.24, 2.45) is 5.41 Å². The molecule has 0 fully saturated rings. The highest BCUT2D eigenvalue weighted by molar-refractivity contribution is 5.66. The quantitative estimate of drug-likeness (QED) is 0.441. The topological polar surface area (TPSA) is 63.2 Å². The maximum absolute atomic E-state index is 10.8. The van der Waals surface area contributed by atoms with Crippen LogP contribution in [0.4, 0.5) is 0 Å². The average molecular weight is 360 g/mol. The number of hydrogen-bond donors (Lipinski definition) is 0. The first kappa shape index (κ1) is 24.1. The number of hydrogen-bond acceptors (Lipinski definition) is 6. The zero-order chi connectivity index (χ0) is 19.2. The van der Waals surface area contributed by atoms with E-state index in [9.17, 15) is 4.79 Å². The standard InChI is InChI=1S/C10H18O2.C9H18O4/c1-11-8-10(9-12-2)6-4-3-5-7-10;1-5-9(6-11-3,7-12-4)13-8(2)10/h3-4H,5-9H2,1-2H3;5-7H2,1-4H3. The number of carbonyl (C=O) groups excluding carboxylic acids is 1. The summed E-state index contributed by atoms with van der Waals surface area (Å²) in [5.74, 6) is -0.309. The smallest absolute Gasteiger partial charge is 0.303 e. The lowest BCUT2D eigenvalue weighted by atomic mass is 9.78. The fourth-order valence-electron chi connectivity index (χ4n) is 3.07. The summed E-state index contributed by atoms with van der Waals surface area (Å²) in [4.78, 5) is 10.8. The van der Waals surface area contributed by atoms with Gasteiger partial charge in [-0.05, 0) is 25.7 Å². The molecule has 1 rings (SSSR count). The third-order valence-electron chi connectivity index (χ3n) is 4.28. The molecule has 1 aliphatic rings. The van der Waals surface area contributed by atoms with Gasteiger partial charge in [0.05, 0.1) is 26.4 Å². The van der Waals surface area contributed by atoms with Crippen molar-refractivity contribution in [3.8, 4) is 0 Å². The Bertz CT molecular complexity index is 368. The Kier molecular flexibility index (Phi) is 12.8. The number of esters is 1. The lowest BCUT2D eigenvalue weighted by Gasteiger charge is -2.33. The number of carbonyl (C=O) groups is 1. The molecule has 0 unspecified atom stereocenters. The fourth-order valence-corrected chi connectivity index (χ4v) is 3.07. The SMILES string of the molecule is CCC(COC)(COC)OC(C)=O.COCC1(COC)CC=CCC1. The van der Waals surface area contributed by atoms with Crippen LogP contribution in [-0.2, 0) is 28.5 Å². The summed E-state index contributed by atoms with van der Waals surface area (Å²) in [7, 11) is 6.67. The monoisotopic (exact) mass is 360 g/mol. The van der Waals surface area contributed by atoms with Gasteiger partial charge in [-0.15, -0.1) is 0 Å². The second kappa shape index (κ2) is 13.3. The van der Waals surface area contributed by atoms with Gasteiger partial charge >= 0.3 is 5.97 Å². The molecule has 0 aromatic carbocycles. The minimum absolute atomic E-state index is 0.248. The van der Waals surface area contributed by atoms with Crippen molar-refractivity contribution in [1.29, 1.82) is 0 Å². The van der Waals surface area contributed by atoms with Gasteiger partial charge in [0.15, 0.2) is 5.60 Å². The molecule has 0 aromatic rings. The summed E-state index contributed by atoms with van der Waals surface area (Å²) in [5, 5.41) is 0. The van der Waals surface area contributed by atoms with Gasteiger partial charge in [-0.25, -0.2) is 0 Å². The van der Waals surface area contributed by atoms with Crippen molar-refractivity contribution in [1.82, 2.24) is 0 Å². The lowest BCUT2D eigenvalue weighted by Crippen LogP contribution is -2.42. The molecular weight excluding hydrogens is 324 g/mol. The van der Waals surface area contributed by atoms with E-state index < -0.39 is 5.60 Å². The minimum Gasteiger partial charge on any atom is -0.454 e. The summed E-state index contributed by atoms with van der Waals surface area (Å²) in [6.07, 6.45) is 8.59. The predicted molar refractivity (Wildman–Crippen MR) is 97.7 cm³/mol. The Labute approximate surface area is 152 Å². The van der Waals surface area contributed by atoms with Crippen molar-refractivity contribution in [3.63, 3.8) is 0 Å². The zero-order valence-corrected chi connectivity index (χ0v) is 16.8. The van der Waals surface area contributed by atoms with E-state index >= 15 is 0 Å². The molecule has 148 valence electrons. The first-order valence-corrected chi connectivity index (χ1v) is 8.73. The van der Waals surface area contributed by atoms with Crippen LogP contribution in [0.25, 0.3) is 0 Å². The minimum atomic E-state index is -0.630. The van der Waals surface area contributed by atoms with Crippen molar-refractivity contribution in [2.75, 3.05) is 54.9 Å². The van der Waals surface area contributed by atoms with Gasteiger partial charge in [-0.3, -0.25) is 4.79 Å². The molecule has 0 aliphatic heterocycles. The van der Waals surface area contributed by atoms with Gasteiger partial charge in [0.2, 0.25) is 0 Å². The van der Waals surface area contributed by atoms with E-state index in [2.05, 4.69) is 12.2 Å². The Morgan fingerprint density at radius 2 is 1.56 bits per heavy atom. The molecule has 0 aromatic heterocycles. The fraction of sp³-hybridized carbons (Fsp3) is 0.842. The van der Waals surface area contributed by atoms with E-state index in [4.69, 9.17) is 23.7 Å². The van der Waals surface area contributed by atoms with Gasteiger partial charge in [0.25, 0.3) is 0 Å². The zero-order valence-electron chi connectivity index (χ0n) is 16.8. The maximum atomic E-state index is 10.8. The van der Waals surface area contributed by atoms with Crippen LogP contribution in [0.1, 0.15) is 39.5 Å². The van der Waals surface area contributed by atoms with Crippen LogP contribution < -0.4 is 0 Å². The summed E-state index contributed by atoms with van der Waals surface area (Å²) in [5.41, 5.74) is -0.381. The molecule has 0 saturated heterocycles. The van der Waals surface area contributed by atoms with Gasteiger partial charge in [-0.2, -0.15) is 0 Å². The first-order valence-electron chi connectivity index (χ1n) is 8.73. The van der Waals surface area contributed by atoms with Gasteiger partial charge < -0.3 is 23.7 Å². The van der Waals surface area contributed by atoms with Crippen molar-refractivity contribution in [3.05, 3.63) is 12.2 Å². The third kappa shape index (κ3) is 9.35. The van der Waals surface area contributed by atoms with Crippen molar-refractivity contribution >= 4 is 5.97 Å². The highest BCUT2D eigenvalue weighted by Crippen LogP contribution is 2.33. The molecule has 0 N–H and O–H groups in total. The molecule has 25 heavy (non-hydrogen) atoms. The Hall–Kier alpha value is -0.950. The van der Waals surface area contributed by atoms with Gasteiger partial charge in [-0.1, -0.05) is 19.1 Å². The van der Waals surface area contributed by atoms with E-state index in [1.54, 1.807) is 28.4 Å². The average Bonchev–Trinajstić information content (AvgIpc) is 2.56. The van der Waals surface area contributed by atoms with E-state index in [1.807, 2.05) is 6.92 Å². The Balaban J connectivity index is 0.000000462. The molecule has 0 atom stereocenters. The molecule has 0 saturated carbocycles. The predicted octanol–water partition coefficient (Wildman–Crippen LogP) is 3.00. The van der Waals surface area contributed by atoms with Crippen LogP contribution in [0.2, 0.25) is 0 Å². The second-order valence-electron chi connectivity index (χ2n) is 6.58. The summed E-state index contributed by atoms with van der Waals surface area (Å²) in [6.45, 7) is 5.65. The first-order chi connectivity index (χ1) is 11.9. The van der Waals surface area contributed by atoms with Crippen LogP contribution in [0.15, 0.2) is 12.2 Å². The molecule has 0 heterocycles. The van der Waals surface area contributed by atoms with Gasteiger partial charge in [0, 0.05) is 40.8 Å². The Morgan fingerprint density at radius 1 is 1.00 bits per heavy atom. The molecule has 0 radical (unpaired) electrons. The number of rotatable bonds is 10. The molecule has 6 heteroatoms. The van der Waals surface area contributed by atoms with E-state index in [-0.39, 0.29) is 11.4 Å². The van der Waals surface area contributed by atoms with Crippen molar-refractivity contribution < 1.29 is 28.5 Å². The van der Waals surface area contributed by atoms with Gasteiger partial charge in [0.1, 0.15) is 0 Å². The van der Waals surface area contributed by atoms with Crippen LogP contribution in [0, 0.1) is 5.41 Å². The van der Waals surface area contributed by atoms with Crippen molar-refractivity contribution in [2.45, 2.75) is 45.1 Å². The normalized spacial score (nSPS) is 16.1. The molecule has 0 bridgehead atoms. The summed E-state index contributed by atoms with van der Waals surface area (Å²) < 4.78 is 25.6. The maximum Gasteiger partial charge on any atom is 0.303 e. The van der Waals surface area contributed by atoms with E-state index in [1.165, 1.54) is 13.3 Å². The highest BCUT2D eigenvalue weighted by Gasteiger charge is 2.32. The lowest BCUT2D eigenvalue weighted by molar-refractivity contribution is -0.171. The Morgan fingerprint density at radius 3 is 1.88 bits per heavy atom. The molecule has 6 nitrogen and oxygen atoms in total. The van der Waals surface area contributed by atoms with Crippen LogP contribution >= 0.6 is 0 Å². The third-order valence-corrected chi connectivity index (χ3v) is 4.28. The van der Waals surface area contributed by atoms with Crippen LogP contribution in [-0.4, -0.2) is 66.4 Å².